The van der Waals surface area contributed by atoms with Crippen molar-refractivity contribution < 1.29 is 0 Å². The van der Waals surface area contributed by atoms with E-state index in [1.807, 2.05) is 43.2 Å². The van der Waals surface area contributed by atoms with E-state index in [-0.39, 0.29) is 11.8 Å². The zero-order chi connectivity index (χ0) is 11.2. The van der Waals surface area contributed by atoms with E-state index in [1.165, 1.54) is 0 Å². The van der Waals surface area contributed by atoms with Gasteiger partial charge in [0.1, 0.15) is 0 Å². The van der Waals surface area contributed by atoms with E-state index in [4.69, 9.17) is 5.26 Å². The summed E-state index contributed by atoms with van der Waals surface area (Å²) in [7, 11) is 0. The van der Waals surface area contributed by atoms with Crippen LogP contribution >= 0.6 is 0 Å². The Kier molecular flexibility index (Phi) is 3.62. The molecule has 0 aliphatic heterocycles. The van der Waals surface area contributed by atoms with E-state index in [2.05, 4.69) is 24.3 Å². The minimum absolute atomic E-state index is 0.0683. The van der Waals surface area contributed by atoms with E-state index >= 15 is 0 Å². The predicted molar refractivity (Wildman–Crippen MR) is 63.4 cm³/mol. The average Bonchev–Trinajstić information content (AvgIpc) is 2.38. The van der Waals surface area contributed by atoms with Crippen LogP contribution in [0.2, 0.25) is 0 Å². The van der Waals surface area contributed by atoms with E-state index in [9.17, 15) is 0 Å². The van der Waals surface area contributed by atoms with Crippen LogP contribution in [0.15, 0.2) is 30.3 Å². The van der Waals surface area contributed by atoms with E-state index in [0.717, 1.165) is 12.0 Å². The van der Waals surface area contributed by atoms with Gasteiger partial charge < -0.3 is 0 Å². The minimum atomic E-state index is -0.0683. The lowest BCUT2D eigenvalue weighted by molar-refractivity contribution is 0.526. The van der Waals surface area contributed by atoms with Crippen LogP contribution in [0.25, 0.3) is 0 Å². The fourth-order valence-corrected chi connectivity index (χ4v) is 1.68. The first kappa shape index (κ1) is 10.8. The van der Waals surface area contributed by atoms with Crippen molar-refractivity contribution in [3.8, 4) is 17.9 Å². The largest absolute Gasteiger partial charge is 0.198 e. The monoisotopic (exact) mass is 206 g/mol. The lowest BCUT2D eigenvalue weighted by Gasteiger charge is -2.20. The van der Waals surface area contributed by atoms with E-state index in [0.29, 0.717) is 0 Å². The quantitative estimate of drug-likeness (QED) is 0.599. The van der Waals surface area contributed by atoms with Crippen molar-refractivity contribution in [2.24, 2.45) is 11.8 Å². The highest BCUT2D eigenvalue weighted by Crippen LogP contribution is 2.26. The summed E-state index contributed by atoms with van der Waals surface area (Å²) in [5.41, 5.74) is 1.01. The first-order chi connectivity index (χ1) is 7.90. The molecule has 0 spiro atoms. The lowest BCUT2D eigenvalue weighted by Crippen LogP contribution is -2.17. The Labute approximate surface area is 97.1 Å². The maximum Gasteiger partial charge on any atom is 0.0671 e. The number of hydrogen-bond donors (Lipinski definition) is 0. The summed E-state index contributed by atoms with van der Waals surface area (Å²) in [5, 5.41) is 8.98. The van der Waals surface area contributed by atoms with Gasteiger partial charge in [0.2, 0.25) is 0 Å². The number of hydrogen-bond acceptors (Lipinski definition) is 1. The third-order valence-electron chi connectivity index (χ3n) is 2.60. The summed E-state index contributed by atoms with van der Waals surface area (Å²) in [4.78, 5) is 0. The summed E-state index contributed by atoms with van der Waals surface area (Å²) >= 11 is 0. The van der Waals surface area contributed by atoms with Crippen molar-refractivity contribution in [2.45, 2.75) is 6.42 Å². The van der Waals surface area contributed by atoms with Gasteiger partial charge in [0.15, 0.2) is 0 Å². The maximum atomic E-state index is 8.98. The molecule has 1 nitrogen and oxygen atoms in total. The summed E-state index contributed by atoms with van der Waals surface area (Å²) in [5.74, 6) is 6.37. The van der Waals surface area contributed by atoms with Crippen LogP contribution in [-0.2, 0) is 0 Å². The maximum absolute atomic E-state index is 8.98. The van der Waals surface area contributed by atoms with Gasteiger partial charge in [0, 0.05) is 11.5 Å². The standard InChI is InChI=1S/C15H12N/c16-12-15-9-5-4-8-14(15)11-10-13-6-2-1-3-7-13/h1-7,9,14-15H,8H2. The Bertz CT molecular complexity index is 430. The van der Waals surface area contributed by atoms with Crippen LogP contribution in [0, 0.1) is 54.3 Å². The molecular weight excluding hydrogens is 194 g/mol. The van der Waals surface area contributed by atoms with Gasteiger partial charge >= 0.3 is 0 Å². The zero-order valence-corrected chi connectivity index (χ0v) is 8.93. The van der Waals surface area contributed by atoms with Gasteiger partial charge in [-0.05, 0) is 37.8 Å². The van der Waals surface area contributed by atoms with E-state index in [1.54, 1.807) is 0 Å². The molecule has 16 heavy (non-hydrogen) atoms. The summed E-state index contributed by atoms with van der Waals surface area (Å²) in [6, 6.07) is 12.2. The first-order valence-electron chi connectivity index (χ1n) is 5.36. The SMILES string of the molecule is N#CC1[CH][CH][CH]CC1C#Cc1ccccc1. The molecule has 1 saturated carbocycles. The van der Waals surface area contributed by atoms with Crippen LogP contribution in [0.1, 0.15) is 12.0 Å². The van der Waals surface area contributed by atoms with Gasteiger partial charge in [0.05, 0.1) is 12.0 Å². The second kappa shape index (κ2) is 5.38. The predicted octanol–water partition coefficient (Wildman–Crippen LogP) is 2.81. The highest BCUT2D eigenvalue weighted by Gasteiger charge is 2.23. The smallest absolute Gasteiger partial charge is 0.0671 e. The Morgan fingerprint density at radius 1 is 1.19 bits per heavy atom. The molecule has 2 rings (SSSR count). The lowest BCUT2D eigenvalue weighted by atomic mass is 9.80. The molecule has 77 valence electrons. The van der Waals surface area contributed by atoms with Gasteiger partial charge in [-0.15, -0.1) is 0 Å². The molecule has 2 atom stereocenters. The van der Waals surface area contributed by atoms with Crippen molar-refractivity contribution in [1.82, 2.24) is 0 Å². The normalized spacial score (nSPS) is 23.9. The van der Waals surface area contributed by atoms with Crippen molar-refractivity contribution in [3.05, 3.63) is 55.2 Å². The van der Waals surface area contributed by atoms with Gasteiger partial charge in [-0.2, -0.15) is 5.26 Å². The van der Waals surface area contributed by atoms with Gasteiger partial charge in [-0.3, -0.25) is 0 Å². The number of benzene rings is 1. The number of nitrogens with zero attached hydrogens (tertiary/aromatic N) is 1. The van der Waals surface area contributed by atoms with Gasteiger partial charge in [-0.25, -0.2) is 0 Å². The Morgan fingerprint density at radius 2 is 2.00 bits per heavy atom. The molecule has 1 aliphatic rings. The molecule has 1 aliphatic carbocycles. The van der Waals surface area contributed by atoms with Crippen molar-refractivity contribution in [1.29, 1.82) is 5.26 Å². The highest BCUT2D eigenvalue weighted by molar-refractivity contribution is 5.35. The first-order valence-corrected chi connectivity index (χ1v) is 5.36. The molecule has 3 radical (unpaired) electrons. The summed E-state index contributed by atoms with van der Waals surface area (Å²) < 4.78 is 0. The molecule has 0 N–H and O–H groups in total. The highest BCUT2D eigenvalue weighted by atomic mass is 14.3. The molecule has 0 saturated heterocycles. The average molecular weight is 206 g/mol. The van der Waals surface area contributed by atoms with Crippen molar-refractivity contribution >= 4 is 0 Å². The van der Waals surface area contributed by atoms with Crippen molar-refractivity contribution in [2.75, 3.05) is 0 Å². The molecule has 1 heteroatoms. The molecule has 2 unspecified atom stereocenters. The topological polar surface area (TPSA) is 23.8 Å². The Hall–Kier alpha value is -1.73. The molecule has 0 heterocycles. The third kappa shape index (κ3) is 2.65. The zero-order valence-electron chi connectivity index (χ0n) is 8.93. The van der Waals surface area contributed by atoms with Crippen molar-refractivity contribution in [3.63, 3.8) is 0 Å². The summed E-state index contributed by atoms with van der Waals surface area (Å²) in [6.45, 7) is 0. The molecule has 0 aromatic heterocycles. The van der Waals surface area contributed by atoms with Gasteiger partial charge in [0.25, 0.3) is 0 Å². The van der Waals surface area contributed by atoms with Crippen LogP contribution in [-0.4, -0.2) is 0 Å². The third-order valence-corrected chi connectivity index (χ3v) is 2.60. The minimum Gasteiger partial charge on any atom is -0.198 e. The van der Waals surface area contributed by atoms with E-state index < -0.39 is 0 Å². The van der Waals surface area contributed by atoms with Gasteiger partial charge in [-0.1, -0.05) is 30.0 Å². The molecule has 1 fully saturated rings. The molecular formula is C15H12N. The molecule has 1 aromatic carbocycles. The second-order valence-corrected chi connectivity index (χ2v) is 3.75. The van der Waals surface area contributed by atoms with Crippen LogP contribution < -0.4 is 0 Å². The van der Waals surface area contributed by atoms with Crippen LogP contribution in [0.4, 0.5) is 0 Å². The number of nitriles is 1. The molecule has 0 amide bonds. The fourth-order valence-electron chi connectivity index (χ4n) is 1.68. The second-order valence-electron chi connectivity index (χ2n) is 3.75. The molecule has 1 aromatic rings. The van der Waals surface area contributed by atoms with Crippen LogP contribution in [0.5, 0.6) is 0 Å². The Morgan fingerprint density at radius 3 is 2.75 bits per heavy atom. The Balaban J connectivity index is 2.09. The fraction of sp³-hybridized carbons (Fsp3) is 0.200. The van der Waals surface area contributed by atoms with Crippen LogP contribution in [0.3, 0.4) is 0 Å². The summed E-state index contributed by atoms with van der Waals surface area (Å²) in [6.07, 6.45) is 6.81. The molecule has 0 bridgehead atoms. The number of rotatable bonds is 0.